The number of aryl methyl sites for hydroxylation is 2. The standard InChI is InChI=1S/C44H54N8O6/c1-24(2)39(50-44(55)58-7)42(53)51-18-8-9-38(51)41-45-22-36(49-41)30-13-16-34-28(19-30)10-11-29-20-31(14-17-35(29)34)37(23-46-56)47-26(4)40-32-12-15-33(21-32)52(40)27(5)25(3)48-43(54)57-6/h13-14,16-17,19-20,22-25,32-33,38-40,56H,4-5,8-12,15,18,21H2,1-3,6-7H3,(H,45,49)(H,48,54)(H,50,55)/t25-,32-,33+,38-,39-,40+/m0/s1. The van der Waals surface area contributed by atoms with Crippen LogP contribution in [0.3, 0.4) is 0 Å². The van der Waals surface area contributed by atoms with E-state index in [4.69, 9.17) is 19.5 Å². The number of piperidine rings is 1. The van der Waals surface area contributed by atoms with Gasteiger partial charge in [-0.05, 0) is 104 Å². The van der Waals surface area contributed by atoms with E-state index < -0.39 is 18.2 Å². The van der Waals surface area contributed by atoms with Crippen LogP contribution < -0.4 is 10.6 Å². The number of oxime groups is 1. The number of rotatable bonds is 12. The Bertz CT molecular complexity index is 2160. The summed E-state index contributed by atoms with van der Waals surface area (Å²) in [5.41, 5.74) is 9.40. The molecule has 3 heterocycles. The van der Waals surface area contributed by atoms with Crippen LogP contribution in [-0.2, 0) is 27.1 Å². The predicted octanol–water partition coefficient (Wildman–Crippen LogP) is 6.76. The zero-order chi connectivity index (χ0) is 41.2. The number of benzene rings is 2. The van der Waals surface area contributed by atoms with Gasteiger partial charge in [-0.1, -0.05) is 56.4 Å². The van der Waals surface area contributed by atoms with Gasteiger partial charge in [0, 0.05) is 23.8 Å². The second kappa shape index (κ2) is 16.9. The first-order valence-corrected chi connectivity index (χ1v) is 20.2. The maximum absolute atomic E-state index is 13.6. The number of nitrogens with one attached hydrogen (secondary N) is 3. The molecule has 14 heteroatoms. The molecule has 3 fully saturated rings. The van der Waals surface area contributed by atoms with Gasteiger partial charge in [-0.15, -0.1) is 0 Å². The lowest BCUT2D eigenvalue weighted by molar-refractivity contribution is -0.135. The van der Waals surface area contributed by atoms with Crippen molar-refractivity contribution in [1.29, 1.82) is 0 Å². The van der Waals surface area contributed by atoms with E-state index >= 15 is 0 Å². The molecule has 0 spiro atoms. The number of imidazole rings is 1. The monoisotopic (exact) mass is 790 g/mol. The Labute approximate surface area is 339 Å². The first-order valence-electron chi connectivity index (χ1n) is 20.2. The smallest absolute Gasteiger partial charge is 0.407 e. The molecule has 1 saturated carbocycles. The van der Waals surface area contributed by atoms with Crippen LogP contribution >= 0.6 is 0 Å². The van der Waals surface area contributed by atoms with E-state index in [1.54, 1.807) is 0 Å². The van der Waals surface area contributed by atoms with Crippen molar-refractivity contribution in [3.05, 3.63) is 89.7 Å². The first kappa shape index (κ1) is 40.3. The molecule has 2 saturated heterocycles. The molecule has 2 aliphatic carbocycles. The van der Waals surface area contributed by atoms with Crippen LogP contribution in [0.2, 0.25) is 0 Å². The first-order chi connectivity index (χ1) is 27.9. The molecule has 7 rings (SSSR count). The van der Waals surface area contributed by atoms with E-state index in [1.165, 1.54) is 31.6 Å². The summed E-state index contributed by atoms with van der Waals surface area (Å²) in [5, 5.41) is 18.6. The van der Waals surface area contributed by atoms with Crippen LogP contribution in [0.25, 0.3) is 22.4 Å². The van der Waals surface area contributed by atoms with Gasteiger partial charge >= 0.3 is 12.2 Å². The Balaban J connectivity index is 1.08. The van der Waals surface area contributed by atoms with Gasteiger partial charge < -0.3 is 40.1 Å². The fourth-order valence-corrected chi connectivity index (χ4v) is 9.39. The topological polar surface area (TPSA) is 174 Å². The van der Waals surface area contributed by atoms with Gasteiger partial charge in [0.25, 0.3) is 0 Å². The minimum absolute atomic E-state index is 0.0907. The van der Waals surface area contributed by atoms with Gasteiger partial charge in [0.15, 0.2) is 0 Å². The molecule has 306 valence electrons. The molecule has 3 aromatic rings. The van der Waals surface area contributed by atoms with Crippen molar-refractivity contribution < 1.29 is 29.1 Å². The zero-order valence-electron chi connectivity index (χ0n) is 34.0. The molecular formula is C44H54N8O6. The van der Waals surface area contributed by atoms with Crippen molar-refractivity contribution in [1.82, 2.24) is 30.4 Å². The van der Waals surface area contributed by atoms with Crippen LogP contribution in [0.4, 0.5) is 9.59 Å². The molecule has 2 aliphatic heterocycles. The third-order valence-corrected chi connectivity index (χ3v) is 12.3. The van der Waals surface area contributed by atoms with E-state index in [9.17, 15) is 19.6 Å². The Morgan fingerprint density at radius 3 is 2.40 bits per heavy atom. The molecule has 3 amide bonds. The van der Waals surface area contributed by atoms with Crippen molar-refractivity contribution in [2.24, 2.45) is 22.0 Å². The molecule has 2 bridgehead atoms. The molecule has 1 aromatic heterocycles. The number of aliphatic imine (C=N–C) groups is 1. The number of H-pyrrole nitrogens is 1. The number of fused-ring (bicyclic) bond motifs is 5. The normalized spacial score (nSPS) is 22.1. The van der Waals surface area contributed by atoms with Gasteiger partial charge in [0.2, 0.25) is 5.91 Å². The highest BCUT2D eigenvalue weighted by molar-refractivity contribution is 6.38. The molecular weight excluding hydrogens is 737 g/mol. The highest BCUT2D eigenvalue weighted by Crippen LogP contribution is 2.47. The van der Waals surface area contributed by atoms with Crippen LogP contribution in [0.1, 0.15) is 81.4 Å². The van der Waals surface area contributed by atoms with Crippen molar-refractivity contribution >= 4 is 30.0 Å². The average molecular weight is 791 g/mol. The summed E-state index contributed by atoms with van der Waals surface area (Å²) >= 11 is 0. The van der Waals surface area contributed by atoms with Crippen molar-refractivity contribution in [3.8, 4) is 22.4 Å². The van der Waals surface area contributed by atoms with E-state index in [1.807, 2.05) is 37.9 Å². The highest BCUT2D eigenvalue weighted by Gasteiger charge is 2.48. The molecule has 4 N–H and O–H groups in total. The van der Waals surface area contributed by atoms with Crippen LogP contribution in [0.5, 0.6) is 0 Å². The minimum Gasteiger partial charge on any atom is -0.453 e. The Morgan fingerprint density at radius 1 is 0.983 bits per heavy atom. The van der Waals surface area contributed by atoms with Crippen LogP contribution in [0.15, 0.2) is 77.3 Å². The summed E-state index contributed by atoms with van der Waals surface area (Å²) in [5.74, 6) is 0.834. The molecule has 4 aliphatic rings. The number of aromatic amines is 1. The summed E-state index contributed by atoms with van der Waals surface area (Å²) in [6.45, 7) is 15.1. The number of nitrogens with zero attached hydrogens (tertiary/aromatic N) is 5. The summed E-state index contributed by atoms with van der Waals surface area (Å²) in [6.07, 6.45) is 8.45. The van der Waals surface area contributed by atoms with Crippen molar-refractivity contribution in [2.45, 2.75) is 95.9 Å². The summed E-state index contributed by atoms with van der Waals surface area (Å²) in [4.78, 5) is 54.9. The molecule has 2 aromatic carbocycles. The SMILES string of the molecule is C=C(N=C(C=NO)c1ccc2c(c1)CCc1cc(-c3cnc([C@@H]4CCCN4C(=O)[C@@H](NC(=O)OC)C(C)C)[nH]3)ccc1-2)[C@@H]1[C@H]2CC[C@H](C2)N1C(=C)[C@H](C)NC(=O)OC. The number of amides is 3. The largest absolute Gasteiger partial charge is 0.453 e. The fourth-order valence-electron chi connectivity index (χ4n) is 9.39. The highest BCUT2D eigenvalue weighted by atomic mass is 16.5. The quantitative estimate of drug-likeness (QED) is 0.0885. The maximum Gasteiger partial charge on any atom is 0.407 e. The van der Waals surface area contributed by atoms with E-state index in [0.717, 1.165) is 84.4 Å². The van der Waals surface area contributed by atoms with E-state index in [2.05, 4.69) is 69.2 Å². The molecule has 0 unspecified atom stereocenters. The third kappa shape index (κ3) is 7.84. The van der Waals surface area contributed by atoms with Crippen molar-refractivity contribution in [2.75, 3.05) is 20.8 Å². The number of carbonyl (C=O) groups excluding carboxylic acids is 3. The number of alkyl carbamates (subject to hydrolysis) is 2. The average Bonchev–Trinajstić information content (AvgIpc) is 4.06. The molecule has 6 atom stereocenters. The number of hydrogen-bond donors (Lipinski definition) is 4. The lowest BCUT2D eigenvalue weighted by Crippen LogP contribution is -2.51. The van der Waals surface area contributed by atoms with Gasteiger partial charge in [-0.2, -0.15) is 0 Å². The second-order valence-corrected chi connectivity index (χ2v) is 16.1. The molecule has 14 nitrogen and oxygen atoms in total. The van der Waals surface area contributed by atoms with E-state index in [0.29, 0.717) is 29.9 Å². The summed E-state index contributed by atoms with van der Waals surface area (Å²) in [7, 11) is 2.63. The number of carbonyl (C=O) groups is 3. The summed E-state index contributed by atoms with van der Waals surface area (Å²) in [6, 6.07) is 11.7. The van der Waals surface area contributed by atoms with E-state index in [-0.39, 0.29) is 30.0 Å². The zero-order valence-corrected chi connectivity index (χ0v) is 34.0. The lowest BCUT2D eigenvalue weighted by Gasteiger charge is -2.40. The van der Waals surface area contributed by atoms with Gasteiger partial charge in [0.1, 0.15) is 11.9 Å². The minimum atomic E-state index is -0.694. The van der Waals surface area contributed by atoms with Gasteiger partial charge in [-0.25, -0.2) is 19.6 Å². The number of ether oxygens (including phenoxy) is 2. The Hall–Kier alpha value is -5.92. The summed E-state index contributed by atoms with van der Waals surface area (Å²) < 4.78 is 9.59. The van der Waals surface area contributed by atoms with Gasteiger partial charge in [-0.3, -0.25) is 4.79 Å². The Kier molecular flexibility index (Phi) is 11.7. The predicted molar refractivity (Wildman–Crippen MR) is 222 cm³/mol. The number of methoxy groups -OCH3 is 2. The molecule has 0 radical (unpaired) electrons. The third-order valence-electron chi connectivity index (χ3n) is 12.3. The van der Waals surface area contributed by atoms with Crippen LogP contribution in [-0.4, -0.2) is 99.9 Å². The lowest BCUT2D eigenvalue weighted by atomic mass is 9.83. The number of aromatic nitrogens is 2. The Morgan fingerprint density at radius 2 is 1.69 bits per heavy atom. The van der Waals surface area contributed by atoms with Crippen LogP contribution in [0, 0.1) is 11.8 Å². The number of likely N-dealkylation sites (tertiary alicyclic amines) is 2. The maximum atomic E-state index is 13.6. The second-order valence-electron chi connectivity index (χ2n) is 16.1. The molecule has 58 heavy (non-hydrogen) atoms. The van der Waals surface area contributed by atoms with Crippen molar-refractivity contribution in [3.63, 3.8) is 0 Å². The number of hydrogen-bond acceptors (Lipinski definition) is 10. The fraction of sp³-hybridized carbons (Fsp3) is 0.455. The van der Waals surface area contributed by atoms with Gasteiger partial charge in [0.05, 0.1) is 61.9 Å².